The number of nitrogens with one attached hydrogen (secondary N) is 1. The predicted octanol–water partition coefficient (Wildman–Crippen LogP) is 5.14. The number of rotatable bonds is 5. The van der Waals surface area contributed by atoms with Crippen LogP contribution in [-0.2, 0) is 4.79 Å². The van der Waals surface area contributed by atoms with Crippen LogP contribution in [0.25, 0.3) is 11.3 Å². The minimum absolute atomic E-state index is 0.0661. The minimum atomic E-state index is -0.0661. The number of anilines is 1. The van der Waals surface area contributed by atoms with Crippen molar-refractivity contribution in [1.82, 2.24) is 10.2 Å². The van der Waals surface area contributed by atoms with Crippen molar-refractivity contribution in [2.45, 2.75) is 18.9 Å². The van der Waals surface area contributed by atoms with Gasteiger partial charge in [0.05, 0.1) is 11.4 Å². The fraction of sp³-hybridized carbons (Fsp3) is 0.150. The highest BCUT2D eigenvalue weighted by molar-refractivity contribution is 7.99. The highest BCUT2D eigenvalue weighted by Crippen LogP contribution is 2.22. The fourth-order valence-corrected chi connectivity index (χ4v) is 3.29. The number of nitrogens with zero attached hydrogens (tertiary/aromatic N) is 2. The van der Waals surface area contributed by atoms with Gasteiger partial charge in [0.15, 0.2) is 0 Å². The Morgan fingerprint density at radius 2 is 1.69 bits per heavy atom. The van der Waals surface area contributed by atoms with Gasteiger partial charge in [0, 0.05) is 16.3 Å². The smallest absolute Gasteiger partial charge is 0.234 e. The standard InChI is InChI=1S/C20H18ClN3OS/c1-13-9-14(2)11-17(10-13)22-19(25)12-26-20-8-7-18(23-24-20)15-3-5-16(21)6-4-15/h3-11H,12H2,1-2H3,(H,22,25). The van der Waals surface area contributed by atoms with E-state index < -0.39 is 0 Å². The molecule has 3 aromatic rings. The van der Waals surface area contributed by atoms with E-state index in [1.807, 2.05) is 62.4 Å². The molecule has 1 N–H and O–H groups in total. The summed E-state index contributed by atoms with van der Waals surface area (Å²) >= 11 is 7.25. The number of halogens is 1. The van der Waals surface area contributed by atoms with Crippen molar-refractivity contribution >= 4 is 35.0 Å². The highest BCUT2D eigenvalue weighted by Gasteiger charge is 2.07. The molecule has 0 fully saturated rings. The number of hydrogen-bond donors (Lipinski definition) is 1. The van der Waals surface area contributed by atoms with Gasteiger partial charge in [-0.2, -0.15) is 0 Å². The first-order valence-electron chi connectivity index (χ1n) is 8.10. The molecule has 1 aromatic heterocycles. The van der Waals surface area contributed by atoms with Gasteiger partial charge in [-0.25, -0.2) is 0 Å². The first-order chi connectivity index (χ1) is 12.5. The number of hydrogen-bond acceptors (Lipinski definition) is 4. The summed E-state index contributed by atoms with van der Waals surface area (Å²) in [7, 11) is 0. The number of amides is 1. The Hall–Kier alpha value is -2.37. The third-order valence-corrected chi connectivity index (χ3v) is 4.81. The second-order valence-corrected chi connectivity index (χ2v) is 7.41. The molecule has 0 aliphatic rings. The van der Waals surface area contributed by atoms with E-state index in [9.17, 15) is 4.79 Å². The van der Waals surface area contributed by atoms with E-state index in [0.29, 0.717) is 10.0 Å². The zero-order valence-electron chi connectivity index (χ0n) is 14.5. The van der Waals surface area contributed by atoms with Gasteiger partial charge in [0.25, 0.3) is 0 Å². The second kappa shape index (κ2) is 8.34. The summed E-state index contributed by atoms with van der Waals surface area (Å²) < 4.78 is 0. The Morgan fingerprint density at radius 1 is 1.00 bits per heavy atom. The normalized spacial score (nSPS) is 10.6. The summed E-state index contributed by atoms with van der Waals surface area (Å²) in [6.45, 7) is 4.02. The van der Waals surface area contributed by atoms with Crippen LogP contribution in [0.5, 0.6) is 0 Å². The lowest BCUT2D eigenvalue weighted by Crippen LogP contribution is -2.14. The minimum Gasteiger partial charge on any atom is -0.325 e. The third kappa shape index (κ3) is 5.07. The summed E-state index contributed by atoms with van der Waals surface area (Å²) in [4.78, 5) is 12.1. The van der Waals surface area contributed by atoms with Crippen LogP contribution in [0.15, 0.2) is 59.6 Å². The molecule has 2 aromatic carbocycles. The van der Waals surface area contributed by atoms with Crippen molar-refractivity contribution in [3.63, 3.8) is 0 Å². The van der Waals surface area contributed by atoms with Crippen LogP contribution in [0.1, 0.15) is 11.1 Å². The molecule has 132 valence electrons. The van der Waals surface area contributed by atoms with Crippen molar-refractivity contribution in [3.8, 4) is 11.3 Å². The molecule has 0 spiro atoms. The highest BCUT2D eigenvalue weighted by atomic mass is 35.5. The average Bonchev–Trinajstić information content (AvgIpc) is 2.60. The summed E-state index contributed by atoms with van der Waals surface area (Å²) in [5, 5.41) is 12.7. The van der Waals surface area contributed by atoms with E-state index in [0.717, 1.165) is 28.1 Å². The molecule has 26 heavy (non-hydrogen) atoms. The van der Waals surface area contributed by atoms with Gasteiger partial charge in [-0.15, -0.1) is 10.2 Å². The second-order valence-electron chi connectivity index (χ2n) is 5.98. The number of carbonyl (C=O) groups excluding carboxylic acids is 1. The molecule has 1 amide bonds. The van der Waals surface area contributed by atoms with E-state index in [1.54, 1.807) is 0 Å². The van der Waals surface area contributed by atoms with E-state index >= 15 is 0 Å². The van der Waals surface area contributed by atoms with E-state index in [-0.39, 0.29) is 11.7 Å². The van der Waals surface area contributed by atoms with Gasteiger partial charge < -0.3 is 5.32 Å². The monoisotopic (exact) mass is 383 g/mol. The largest absolute Gasteiger partial charge is 0.325 e. The lowest BCUT2D eigenvalue weighted by molar-refractivity contribution is -0.113. The number of aromatic nitrogens is 2. The average molecular weight is 384 g/mol. The van der Waals surface area contributed by atoms with Crippen LogP contribution in [-0.4, -0.2) is 21.9 Å². The van der Waals surface area contributed by atoms with Crippen LogP contribution in [0.4, 0.5) is 5.69 Å². The van der Waals surface area contributed by atoms with Gasteiger partial charge in [-0.3, -0.25) is 4.79 Å². The summed E-state index contributed by atoms with van der Waals surface area (Å²) in [5.41, 5.74) is 4.78. The first kappa shape index (κ1) is 18.4. The van der Waals surface area contributed by atoms with Crippen molar-refractivity contribution in [2.24, 2.45) is 0 Å². The Kier molecular flexibility index (Phi) is 5.91. The van der Waals surface area contributed by atoms with Crippen molar-refractivity contribution in [3.05, 3.63) is 70.7 Å². The SMILES string of the molecule is Cc1cc(C)cc(NC(=O)CSc2ccc(-c3ccc(Cl)cc3)nn2)c1. The van der Waals surface area contributed by atoms with Crippen molar-refractivity contribution in [2.75, 3.05) is 11.1 Å². The van der Waals surface area contributed by atoms with Crippen LogP contribution < -0.4 is 5.32 Å². The molecule has 6 heteroatoms. The van der Waals surface area contributed by atoms with Crippen LogP contribution in [0.2, 0.25) is 5.02 Å². The summed E-state index contributed by atoms with van der Waals surface area (Å²) in [6.07, 6.45) is 0. The molecule has 0 bridgehead atoms. The van der Waals surface area contributed by atoms with Gasteiger partial charge in [0.1, 0.15) is 5.03 Å². The lowest BCUT2D eigenvalue weighted by Gasteiger charge is -2.07. The first-order valence-corrected chi connectivity index (χ1v) is 9.46. The van der Waals surface area contributed by atoms with Gasteiger partial charge in [-0.05, 0) is 61.4 Å². The number of thioether (sulfide) groups is 1. The Bertz CT molecular complexity index is 891. The Morgan fingerprint density at radius 3 is 2.31 bits per heavy atom. The molecule has 1 heterocycles. The maximum absolute atomic E-state index is 12.1. The topological polar surface area (TPSA) is 54.9 Å². The molecular weight excluding hydrogens is 366 g/mol. The zero-order chi connectivity index (χ0) is 18.5. The van der Waals surface area contributed by atoms with Gasteiger partial charge in [-0.1, -0.05) is 41.6 Å². The molecule has 3 rings (SSSR count). The molecule has 0 saturated carbocycles. The lowest BCUT2D eigenvalue weighted by atomic mass is 10.1. The molecule has 0 atom stereocenters. The molecule has 0 aliphatic heterocycles. The quantitative estimate of drug-likeness (QED) is 0.619. The van der Waals surface area contributed by atoms with E-state index in [1.165, 1.54) is 11.8 Å². The van der Waals surface area contributed by atoms with E-state index in [2.05, 4.69) is 21.6 Å². The molecule has 0 saturated heterocycles. The maximum Gasteiger partial charge on any atom is 0.234 e. The maximum atomic E-state index is 12.1. The summed E-state index contributed by atoms with van der Waals surface area (Å²) in [5.74, 6) is 0.214. The van der Waals surface area contributed by atoms with Gasteiger partial charge in [0.2, 0.25) is 5.91 Å². The van der Waals surface area contributed by atoms with Crippen molar-refractivity contribution < 1.29 is 4.79 Å². The molecule has 0 radical (unpaired) electrons. The zero-order valence-corrected chi connectivity index (χ0v) is 16.1. The predicted molar refractivity (Wildman–Crippen MR) is 108 cm³/mol. The van der Waals surface area contributed by atoms with Crippen LogP contribution in [0.3, 0.4) is 0 Å². The summed E-state index contributed by atoms with van der Waals surface area (Å²) in [6, 6.07) is 17.2. The number of aryl methyl sites for hydroxylation is 2. The van der Waals surface area contributed by atoms with Crippen LogP contribution in [0, 0.1) is 13.8 Å². The van der Waals surface area contributed by atoms with E-state index in [4.69, 9.17) is 11.6 Å². The van der Waals surface area contributed by atoms with Gasteiger partial charge >= 0.3 is 0 Å². The molecule has 0 aliphatic carbocycles. The number of carbonyl (C=O) groups is 1. The molecular formula is C20H18ClN3OS. The third-order valence-electron chi connectivity index (χ3n) is 3.64. The Labute approximate surface area is 162 Å². The molecule has 4 nitrogen and oxygen atoms in total. The van der Waals surface area contributed by atoms with Crippen LogP contribution >= 0.6 is 23.4 Å². The fourth-order valence-electron chi connectivity index (χ4n) is 2.56. The van der Waals surface area contributed by atoms with Crippen molar-refractivity contribution in [1.29, 1.82) is 0 Å². The molecule has 0 unspecified atom stereocenters. The Balaban J connectivity index is 1.57. The number of benzene rings is 2.